The van der Waals surface area contributed by atoms with E-state index in [9.17, 15) is 4.79 Å². The first kappa shape index (κ1) is 12.1. The zero-order valence-corrected chi connectivity index (χ0v) is 11.1. The molecule has 0 aliphatic carbocycles. The van der Waals surface area contributed by atoms with Crippen LogP contribution < -0.4 is 9.64 Å². The molecule has 1 aromatic rings. The van der Waals surface area contributed by atoms with Crippen LogP contribution in [-0.4, -0.2) is 24.5 Å². The van der Waals surface area contributed by atoms with Crippen LogP contribution in [0, 0.1) is 5.92 Å². The SMILES string of the molecule is C=CC1CC(=O)N(c2ccc(Br)nc2OC)C1. The number of ether oxygens (including phenoxy) is 1. The van der Waals surface area contributed by atoms with Gasteiger partial charge in [-0.25, -0.2) is 4.98 Å². The summed E-state index contributed by atoms with van der Waals surface area (Å²) >= 11 is 3.28. The van der Waals surface area contributed by atoms with Gasteiger partial charge in [-0.2, -0.15) is 0 Å². The number of rotatable bonds is 3. The molecule has 17 heavy (non-hydrogen) atoms. The minimum atomic E-state index is 0.0809. The molecule has 90 valence electrons. The van der Waals surface area contributed by atoms with Crippen molar-refractivity contribution >= 4 is 27.5 Å². The van der Waals surface area contributed by atoms with Crippen molar-refractivity contribution in [2.75, 3.05) is 18.6 Å². The third-order valence-electron chi connectivity index (χ3n) is 2.78. The summed E-state index contributed by atoms with van der Waals surface area (Å²) in [5, 5.41) is 0. The van der Waals surface area contributed by atoms with Crippen LogP contribution in [0.4, 0.5) is 5.69 Å². The van der Waals surface area contributed by atoms with Gasteiger partial charge in [0.05, 0.1) is 7.11 Å². The molecule has 0 bridgehead atoms. The summed E-state index contributed by atoms with van der Waals surface area (Å²) in [7, 11) is 1.55. The Kier molecular flexibility index (Phi) is 3.47. The number of pyridine rings is 1. The van der Waals surface area contributed by atoms with Crippen molar-refractivity contribution < 1.29 is 9.53 Å². The third kappa shape index (κ3) is 2.34. The molecule has 1 aliphatic heterocycles. The van der Waals surface area contributed by atoms with Crippen LogP contribution in [0.25, 0.3) is 0 Å². The van der Waals surface area contributed by atoms with E-state index in [-0.39, 0.29) is 11.8 Å². The van der Waals surface area contributed by atoms with Gasteiger partial charge in [-0.15, -0.1) is 6.58 Å². The van der Waals surface area contributed by atoms with Crippen LogP contribution in [0.1, 0.15) is 6.42 Å². The first-order valence-corrected chi connectivity index (χ1v) is 6.08. The van der Waals surface area contributed by atoms with Crippen LogP contribution >= 0.6 is 15.9 Å². The normalized spacial score (nSPS) is 19.5. The van der Waals surface area contributed by atoms with Gasteiger partial charge in [0.25, 0.3) is 0 Å². The van der Waals surface area contributed by atoms with Gasteiger partial charge in [-0.05, 0) is 28.1 Å². The maximum absolute atomic E-state index is 11.9. The molecule has 0 radical (unpaired) electrons. The lowest BCUT2D eigenvalue weighted by atomic mass is 10.1. The first-order chi connectivity index (χ1) is 8.15. The average Bonchev–Trinajstić information content (AvgIpc) is 2.70. The maximum Gasteiger partial charge on any atom is 0.238 e. The van der Waals surface area contributed by atoms with E-state index in [1.165, 1.54) is 0 Å². The maximum atomic E-state index is 11.9. The fourth-order valence-electron chi connectivity index (χ4n) is 1.89. The molecule has 2 heterocycles. The Morgan fingerprint density at radius 2 is 2.41 bits per heavy atom. The van der Waals surface area contributed by atoms with Crippen LogP contribution in [0.3, 0.4) is 0 Å². The lowest BCUT2D eigenvalue weighted by Crippen LogP contribution is -2.25. The van der Waals surface area contributed by atoms with Crippen molar-refractivity contribution in [3.05, 3.63) is 29.4 Å². The number of amides is 1. The van der Waals surface area contributed by atoms with Gasteiger partial charge in [-0.3, -0.25) is 4.79 Å². The van der Waals surface area contributed by atoms with E-state index in [1.54, 1.807) is 18.1 Å². The molecule has 4 nitrogen and oxygen atoms in total. The highest BCUT2D eigenvalue weighted by molar-refractivity contribution is 9.10. The smallest absolute Gasteiger partial charge is 0.238 e. The topological polar surface area (TPSA) is 42.4 Å². The van der Waals surface area contributed by atoms with Crippen LogP contribution in [-0.2, 0) is 4.79 Å². The summed E-state index contributed by atoms with van der Waals surface area (Å²) in [5.41, 5.74) is 0.713. The summed E-state index contributed by atoms with van der Waals surface area (Å²) in [6.45, 7) is 4.37. The Labute approximate surface area is 108 Å². The fourth-order valence-corrected chi connectivity index (χ4v) is 2.19. The number of hydrogen-bond donors (Lipinski definition) is 0. The molecule has 0 spiro atoms. The summed E-state index contributed by atoms with van der Waals surface area (Å²) in [4.78, 5) is 17.8. The summed E-state index contributed by atoms with van der Waals surface area (Å²) in [5.74, 6) is 0.741. The second kappa shape index (κ2) is 4.87. The van der Waals surface area contributed by atoms with E-state index in [4.69, 9.17) is 4.74 Å². The van der Waals surface area contributed by atoms with Gasteiger partial charge in [-0.1, -0.05) is 6.08 Å². The van der Waals surface area contributed by atoms with E-state index < -0.39 is 0 Å². The molecule has 1 unspecified atom stereocenters. The van der Waals surface area contributed by atoms with Crippen molar-refractivity contribution in [2.45, 2.75) is 6.42 Å². The first-order valence-electron chi connectivity index (χ1n) is 5.29. The zero-order valence-electron chi connectivity index (χ0n) is 9.52. The summed E-state index contributed by atoms with van der Waals surface area (Å²) in [6.07, 6.45) is 2.32. The monoisotopic (exact) mass is 296 g/mol. The highest BCUT2D eigenvalue weighted by Gasteiger charge is 2.30. The summed E-state index contributed by atoms with van der Waals surface area (Å²) in [6, 6.07) is 3.63. The van der Waals surface area contributed by atoms with Gasteiger partial charge in [0.1, 0.15) is 10.3 Å². The van der Waals surface area contributed by atoms with Crippen molar-refractivity contribution in [3.63, 3.8) is 0 Å². The molecule has 1 aliphatic rings. The average molecular weight is 297 g/mol. The van der Waals surface area contributed by atoms with E-state index in [0.29, 0.717) is 29.1 Å². The zero-order chi connectivity index (χ0) is 12.4. The molecular weight excluding hydrogens is 284 g/mol. The van der Waals surface area contributed by atoms with E-state index in [0.717, 1.165) is 0 Å². The Morgan fingerprint density at radius 3 is 3.00 bits per heavy atom. The number of hydrogen-bond acceptors (Lipinski definition) is 3. The lowest BCUT2D eigenvalue weighted by Gasteiger charge is -2.18. The second-order valence-corrected chi connectivity index (χ2v) is 4.68. The van der Waals surface area contributed by atoms with E-state index in [2.05, 4.69) is 27.5 Å². The predicted molar refractivity (Wildman–Crippen MR) is 69.1 cm³/mol. The number of nitrogens with zero attached hydrogens (tertiary/aromatic N) is 2. The molecule has 1 saturated heterocycles. The quantitative estimate of drug-likeness (QED) is 0.635. The van der Waals surface area contributed by atoms with E-state index >= 15 is 0 Å². The number of methoxy groups -OCH3 is 1. The Bertz CT molecular complexity index is 462. The fraction of sp³-hybridized carbons (Fsp3) is 0.333. The minimum Gasteiger partial charge on any atom is -0.479 e. The second-order valence-electron chi connectivity index (χ2n) is 3.87. The molecule has 1 aromatic heterocycles. The highest BCUT2D eigenvalue weighted by Crippen LogP contribution is 2.32. The van der Waals surface area contributed by atoms with Crippen LogP contribution in [0.2, 0.25) is 0 Å². The largest absolute Gasteiger partial charge is 0.479 e. The number of carbonyl (C=O) groups is 1. The molecule has 1 atom stereocenters. The predicted octanol–water partition coefficient (Wildman–Crippen LogP) is 2.39. The van der Waals surface area contributed by atoms with Crippen molar-refractivity contribution in [1.82, 2.24) is 4.98 Å². The summed E-state index contributed by atoms with van der Waals surface area (Å²) < 4.78 is 5.88. The van der Waals surface area contributed by atoms with Crippen molar-refractivity contribution in [3.8, 4) is 5.88 Å². The molecule has 1 fully saturated rings. The van der Waals surface area contributed by atoms with Crippen LogP contribution in [0.15, 0.2) is 29.4 Å². The Balaban J connectivity index is 2.34. The highest BCUT2D eigenvalue weighted by atomic mass is 79.9. The van der Waals surface area contributed by atoms with E-state index in [1.807, 2.05) is 12.1 Å². The molecule has 0 saturated carbocycles. The molecule has 2 rings (SSSR count). The third-order valence-corrected chi connectivity index (χ3v) is 3.22. The van der Waals surface area contributed by atoms with Crippen molar-refractivity contribution in [2.24, 2.45) is 5.92 Å². The number of aromatic nitrogens is 1. The molecule has 0 N–H and O–H groups in total. The van der Waals surface area contributed by atoms with Gasteiger partial charge in [0.15, 0.2) is 0 Å². The van der Waals surface area contributed by atoms with Gasteiger partial charge >= 0.3 is 0 Å². The molecule has 0 aromatic carbocycles. The standard InChI is InChI=1S/C12H13BrN2O2/c1-3-8-6-11(16)15(7-8)9-4-5-10(13)14-12(9)17-2/h3-5,8H,1,6-7H2,2H3. The number of halogens is 1. The Hall–Kier alpha value is -1.36. The number of carbonyl (C=O) groups excluding carboxylic acids is 1. The van der Waals surface area contributed by atoms with Gasteiger partial charge < -0.3 is 9.64 Å². The van der Waals surface area contributed by atoms with Crippen molar-refractivity contribution in [1.29, 1.82) is 0 Å². The van der Waals surface area contributed by atoms with Gasteiger partial charge in [0.2, 0.25) is 11.8 Å². The minimum absolute atomic E-state index is 0.0809. The number of anilines is 1. The van der Waals surface area contributed by atoms with Crippen LogP contribution in [0.5, 0.6) is 5.88 Å². The molecule has 1 amide bonds. The molecular formula is C12H13BrN2O2. The van der Waals surface area contributed by atoms with Gasteiger partial charge in [0, 0.05) is 18.9 Å². The lowest BCUT2D eigenvalue weighted by molar-refractivity contribution is -0.117. The molecule has 5 heteroatoms. The Morgan fingerprint density at radius 1 is 1.65 bits per heavy atom.